The number of aromatic carboxylic acids is 1. The van der Waals surface area contributed by atoms with Gasteiger partial charge in [0.1, 0.15) is 5.75 Å². The van der Waals surface area contributed by atoms with Gasteiger partial charge in [0.2, 0.25) is 5.91 Å². The van der Waals surface area contributed by atoms with Crippen LogP contribution in [0.15, 0.2) is 18.2 Å². The minimum atomic E-state index is -1.28. The van der Waals surface area contributed by atoms with Crippen LogP contribution in [0.4, 0.5) is 0 Å². The van der Waals surface area contributed by atoms with Crippen LogP contribution in [0.2, 0.25) is 0 Å². The largest absolute Gasteiger partial charge is 0.547 e. The van der Waals surface area contributed by atoms with Crippen LogP contribution in [-0.4, -0.2) is 97.2 Å². The highest BCUT2D eigenvalue weighted by atomic mass is 16.5. The van der Waals surface area contributed by atoms with Crippen molar-refractivity contribution in [3.8, 4) is 5.75 Å². The number of benzene rings is 1. The third kappa shape index (κ3) is 5.69. The summed E-state index contributed by atoms with van der Waals surface area (Å²) in [5, 5.41) is 25.7. The number of likely N-dealkylation sites (N-methyl/N-ethyl adjacent to an activating group) is 1. The van der Waals surface area contributed by atoms with Crippen LogP contribution in [0.3, 0.4) is 0 Å². The number of piperazine rings is 1. The predicted molar refractivity (Wildman–Crippen MR) is 109 cm³/mol. The zero-order chi connectivity index (χ0) is 20.8. The first-order valence-corrected chi connectivity index (χ1v) is 10.1. The highest BCUT2D eigenvalue weighted by Crippen LogP contribution is 2.30. The van der Waals surface area contributed by atoms with E-state index in [1.165, 1.54) is 6.07 Å². The van der Waals surface area contributed by atoms with E-state index in [1.54, 1.807) is 12.1 Å². The Bertz CT molecular complexity index is 727. The Hall–Kier alpha value is -2.14. The lowest BCUT2D eigenvalue weighted by molar-refractivity contribution is -0.123. The molecule has 1 aromatic rings. The average Bonchev–Trinajstić information content (AvgIpc) is 2.69. The predicted octanol–water partition coefficient (Wildman–Crippen LogP) is -0.949. The van der Waals surface area contributed by atoms with E-state index in [2.05, 4.69) is 27.4 Å². The van der Waals surface area contributed by atoms with E-state index in [0.29, 0.717) is 12.0 Å². The summed E-state index contributed by atoms with van der Waals surface area (Å²) in [6.45, 7) is 8.83. The number of nitrogens with zero attached hydrogens (tertiary/aromatic N) is 2. The molecule has 0 aromatic heterocycles. The zero-order valence-electron chi connectivity index (χ0n) is 16.8. The van der Waals surface area contributed by atoms with Gasteiger partial charge in [-0.15, -0.1) is 0 Å². The van der Waals surface area contributed by atoms with Gasteiger partial charge in [-0.05, 0) is 24.6 Å². The molecule has 9 nitrogen and oxygen atoms in total. The molecule has 0 radical (unpaired) electrons. The number of hydrogen-bond donors (Lipinski definition) is 4. The van der Waals surface area contributed by atoms with Crippen molar-refractivity contribution >= 4 is 19.0 Å². The fourth-order valence-electron chi connectivity index (χ4n) is 3.76. The second kappa shape index (κ2) is 10.1. The third-order valence-electron chi connectivity index (χ3n) is 5.38. The van der Waals surface area contributed by atoms with Crippen molar-refractivity contribution < 1.29 is 24.4 Å². The number of fused-ring (bicyclic) bond motifs is 1. The average molecular weight is 404 g/mol. The Morgan fingerprint density at radius 3 is 2.66 bits per heavy atom. The number of carboxylic acids is 1. The molecule has 29 heavy (non-hydrogen) atoms. The van der Waals surface area contributed by atoms with Gasteiger partial charge < -0.3 is 25.4 Å². The molecule has 1 unspecified atom stereocenters. The highest BCUT2D eigenvalue weighted by Gasteiger charge is 2.37. The minimum Gasteiger partial charge on any atom is -0.534 e. The van der Waals surface area contributed by atoms with Crippen LogP contribution < -0.4 is 15.3 Å². The monoisotopic (exact) mass is 404 g/mol. The maximum Gasteiger partial charge on any atom is 0.547 e. The van der Waals surface area contributed by atoms with Gasteiger partial charge in [0.15, 0.2) is 0 Å². The van der Waals surface area contributed by atoms with E-state index >= 15 is 0 Å². The summed E-state index contributed by atoms with van der Waals surface area (Å²) in [7, 11) is -1.28. The number of carbonyl (C=O) groups excluding carboxylic acids is 1. The normalized spacial score (nSPS) is 20.1. The number of carbonyl (C=O) groups is 2. The summed E-state index contributed by atoms with van der Waals surface area (Å²) >= 11 is 0. The van der Waals surface area contributed by atoms with Crippen molar-refractivity contribution in [3.63, 3.8) is 0 Å². The fourth-order valence-corrected chi connectivity index (χ4v) is 3.76. The van der Waals surface area contributed by atoms with E-state index in [4.69, 9.17) is 4.65 Å². The summed E-state index contributed by atoms with van der Waals surface area (Å²) < 4.78 is 5.42. The molecular weight excluding hydrogens is 375 g/mol. The summed E-state index contributed by atoms with van der Waals surface area (Å²) in [6.07, 6.45) is 0.321. The number of amides is 1. The molecule has 0 aliphatic carbocycles. The lowest BCUT2D eigenvalue weighted by Crippen LogP contribution is -2.56. The van der Waals surface area contributed by atoms with Crippen molar-refractivity contribution in [2.75, 3.05) is 52.4 Å². The summed E-state index contributed by atoms with van der Waals surface area (Å²) in [5.74, 6) is -1.72. The zero-order valence-corrected chi connectivity index (χ0v) is 16.8. The number of carboxylic acid groups (broad SMARTS) is 1. The molecule has 1 fully saturated rings. The standard InChI is InChI=1S/C19H29BN4O5/c1-2-21-6-7-23-8-10-24(11-9-23)13-17(25)22-16-12-14-4-3-5-15(19(26)27)18(14)29-20(16)28/h3-5,16,21,28H,2,6-13H2,1H3,(H,22,25)(H,26,27). The minimum absolute atomic E-state index is 0.0123. The van der Waals surface area contributed by atoms with Gasteiger partial charge in [0.05, 0.1) is 18.0 Å². The van der Waals surface area contributed by atoms with Gasteiger partial charge in [0.25, 0.3) is 0 Å². The van der Waals surface area contributed by atoms with E-state index in [9.17, 15) is 19.7 Å². The first kappa shape index (κ1) is 21.6. The van der Waals surface area contributed by atoms with Gasteiger partial charge in [-0.25, -0.2) is 4.79 Å². The molecule has 2 heterocycles. The molecule has 0 spiro atoms. The van der Waals surface area contributed by atoms with E-state index in [1.807, 2.05) is 0 Å². The topological polar surface area (TPSA) is 114 Å². The summed E-state index contributed by atoms with van der Waals surface area (Å²) in [4.78, 5) is 28.3. The summed E-state index contributed by atoms with van der Waals surface area (Å²) in [6, 6.07) is 4.82. The first-order valence-electron chi connectivity index (χ1n) is 10.1. The van der Waals surface area contributed by atoms with Crippen LogP contribution in [0.1, 0.15) is 22.8 Å². The SMILES string of the molecule is CCNCCN1CCN(CC(=O)NC2Cc3cccc(C(=O)O)c3OB2O)CC1. The molecule has 4 N–H and O–H groups in total. The van der Waals surface area contributed by atoms with Gasteiger partial charge in [-0.2, -0.15) is 0 Å². The molecule has 1 atom stereocenters. The molecular formula is C19H29BN4O5. The lowest BCUT2D eigenvalue weighted by Gasteiger charge is -2.35. The Morgan fingerprint density at radius 1 is 1.24 bits per heavy atom. The molecule has 2 aliphatic rings. The van der Waals surface area contributed by atoms with Crippen molar-refractivity contribution in [1.82, 2.24) is 20.4 Å². The molecule has 1 amide bonds. The van der Waals surface area contributed by atoms with Gasteiger partial charge >= 0.3 is 13.1 Å². The molecule has 158 valence electrons. The number of rotatable bonds is 8. The lowest BCUT2D eigenvalue weighted by atomic mass is 9.72. The van der Waals surface area contributed by atoms with Crippen LogP contribution in [0.5, 0.6) is 5.75 Å². The van der Waals surface area contributed by atoms with Crippen molar-refractivity contribution in [2.24, 2.45) is 0 Å². The molecule has 0 bridgehead atoms. The van der Waals surface area contributed by atoms with Gasteiger partial charge in [-0.1, -0.05) is 19.1 Å². The fraction of sp³-hybridized carbons (Fsp3) is 0.579. The maximum absolute atomic E-state index is 12.5. The Labute approximate surface area is 171 Å². The maximum atomic E-state index is 12.5. The van der Waals surface area contributed by atoms with Gasteiger partial charge in [0, 0.05) is 39.3 Å². The summed E-state index contributed by atoms with van der Waals surface area (Å²) in [5.41, 5.74) is 0.674. The molecule has 3 rings (SSSR count). The second-order valence-electron chi connectivity index (χ2n) is 7.46. The Balaban J connectivity index is 1.48. The first-order chi connectivity index (χ1) is 14.0. The van der Waals surface area contributed by atoms with Crippen LogP contribution >= 0.6 is 0 Å². The smallest absolute Gasteiger partial charge is 0.534 e. The Kier molecular flexibility index (Phi) is 7.48. The molecule has 1 aromatic carbocycles. The van der Waals surface area contributed by atoms with Crippen LogP contribution in [0.25, 0.3) is 0 Å². The van der Waals surface area contributed by atoms with Crippen LogP contribution in [0, 0.1) is 0 Å². The highest BCUT2D eigenvalue weighted by molar-refractivity contribution is 6.47. The quantitative estimate of drug-likeness (QED) is 0.324. The van der Waals surface area contributed by atoms with E-state index < -0.39 is 19.0 Å². The van der Waals surface area contributed by atoms with Crippen molar-refractivity contribution in [1.29, 1.82) is 0 Å². The molecule has 0 saturated carbocycles. The second-order valence-corrected chi connectivity index (χ2v) is 7.46. The molecule has 2 aliphatic heterocycles. The van der Waals surface area contributed by atoms with Crippen molar-refractivity contribution in [3.05, 3.63) is 29.3 Å². The third-order valence-corrected chi connectivity index (χ3v) is 5.38. The van der Waals surface area contributed by atoms with Crippen LogP contribution in [-0.2, 0) is 11.2 Å². The van der Waals surface area contributed by atoms with E-state index in [0.717, 1.165) is 45.8 Å². The number of hydrogen-bond acceptors (Lipinski definition) is 7. The molecule has 10 heteroatoms. The Morgan fingerprint density at radius 2 is 1.97 bits per heavy atom. The number of para-hydroxylation sites is 1. The van der Waals surface area contributed by atoms with Gasteiger partial charge in [-0.3, -0.25) is 14.6 Å². The molecule has 1 saturated heterocycles. The number of nitrogens with one attached hydrogen (secondary N) is 2. The van der Waals surface area contributed by atoms with Crippen molar-refractivity contribution in [2.45, 2.75) is 19.3 Å². The van der Waals surface area contributed by atoms with E-state index in [-0.39, 0.29) is 23.8 Å².